The second kappa shape index (κ2) is 6.63. The molecule has 1 aliphatic heterocycles. The van der Waals surface area contributed by atoms with Gasteiger partial charge in [0.2, 0.25) is 5.88 Å². The molecule has 138 valence electrons. The molecule has 2 aromatic rings. The van der Waals surface area contributed by atoms with Gasteiger partial charge in [0, 0.05) is 11.8 Å². The predicted molar refractivity (Wildman–Crippen MR) is 101 cm³/mol. The molecular weight excluding hydrogens is 328 g/mol. The second-order valence-corrected chi connectivity index (χ2v) is 8.18. The molecule has 0 N–H and O–H groups in total. The van der Waals surface area contributed by atoms with Crippen LogP contribution in [0, 0.1) is 0 Å². The normalized spacial score (nSPS) is 16.3. The van der Waals surface area contributed by atoms with Crippen LogP contribution in [0.15, 0.2) is 42.6 Å². The van der Waals surface area contributed by atoms with Crippen molar-refractivity contribution >= 4 is 6.09 Å². The summed E-state index contributed by atoms with van der Waals surface area (Å²) in [5.74, 6) is 0.575. The number of aromatic nitrogens is 1. The third kappa shape index (κ3) is 3.82. The first-order valence-corrected chi connectivity index (χ1v) is 8.84. The Morgan fingerprint density at radius 1 is 1.19 bits per heavy atom. The third-order valence-corrected chi connectivity index (χ3v) is 4.32. The Morgan fingerprint density at radius 2 is 1.88 bits per heavy atom. The zero-order valence-corrected chi connectivity index (χ0v) is 16.1. The van der Waals surface area contributed by atoms with Gasteiger partial charge in [0.1, 0.15) is 12.2 Å². The smallest absolute Gasteiger partial charge is 0.411 e. The molecule has 1 amide bonds. The zero-order chi connectivity index (χ0) is 18.9. The first-order valence-electron chi connectivity index (χ1n) is 8.84. The standard InChI is InChI=1S/C21H26N2O3/c1-20(2,3)26-19(24)23-13-17-16(15-9-7-6-8-10-15)11-12-22-18(17)25-14-21(23,4)5/h6-12H,13-14H2,1-5H3. The Bertz CT molecular complexity index is 795. The Hall–Kier alpha value is -2.56. The first kappa shape index (κ1) is 18.2. The molecule has 0 atom stereocenters. The highest BCUT2D eigenvalue weighted by atomic mass is 16.6. The maximum Gasteiger partial charge on any atom is 0.411 e. The van der Waals surface area contributed by atoms with Crippen molar-refractivity contribution < 1.29 is 14.3 Å². The van der Waals surface area contributed by atoms with Crippen molar-refractivity contribution in [3.63, 3.8) is 0 Å². The van der Waals surface area contributed by atoms with E-state index in [0.29, 0.717) is 19.0 Å². The van der Waals surface area contributed by atoms with Gasteiger partial charge in [0.15, 0.2) is 0 Å². The van der Waals surface area contributed by atoms with Crippen molar-refractivity contribution in [3.05, 3.63) is 48.2 Å². The van der Waals surface area contributed by atoms with Crippen LogP contribution in [0.5, 0.6) is 5.88 Å². The molecule has 0 spiro atoms. The van der Waals surface area contributed by atoms with E-state index >= 15 is 0 Å². The summed E-state index contributed by atoms with van der Waals surface area (Å²) in [4.78, 5) is 19.0. The molecule has 1 aliphatic rings. The van der Waals surface area contributed by atoms with Gasteiger partial charge in [-0.15, -0.1) is 0 Å². The number of fused-ring (bicyclic) bond motifs is 1. The van der Waals surface area contributed by atoms with Gasteiger partial charge >= 0.3 is 6.09 Å². The number of pyridine rings is 1. The van der Waals surface area contributed by atoms with Gasteiger partial charge < -0.3 is 9.47 Å². The van der Waals surface area contributed by atoms with E-state index in [-0.39, 0.29) is 6.09 Å². The maximum absolute atomic E-state index is 12.9. The van der Waals surface area contributed by atoms with Gasteiger partial charge in [-0.2, -0.15) is 0 Å². The van der Waals surface area contributed by atoms with E-state index in [1.165, 1.54) is 0 Å². The van der Waals surface area contributed by atoms with Crippen LogP contribution in [0.1, 0.15) is 40.2 Å². The number of hydrogen-bond donors (Lipinski definition) is 0. The molecule has 0 fully saturated rings. The number of carbonyl (C=O) groups is 1. The molecule has 2 heterocycles. The topological polar surface area (TPSA) is 51.7 Å². The van der Waals surface area contributed by atoms with Crippen LogP contribution in [-0.2, 0) is 11.3 Å². The van der Waals surface area contributed by atoms with Crippen molar-refractivity contribution in [2.24, 2.45) is 0 Å². The van der Waals surface area contributed by atoms with E-state index in [9.17, 15) is 4.79 Å². The predicted octanol–water partition coefficient (Wildman–Crippen LogP) is 4.66. The third-order valence-electron chi connectivity index (χ3n) is 4.32. The number of ether oxygens (including phenoxy) is 2. The summed E-state index contributed by atoms with van der Waals surface area (Å²) in [6.07, 6.45) is 1.40. The van der Waals surface area contributed by atoms with Crippen molar-refractivity contribution in [2.75, 3.05) is 6.61 Å². The van der Waals surface area contributed by atoms with Crippen LogP contribution >= 0.6 is 0 Å². The molecule has 1 aromatic carbocycles. The minimum atomic E-state index is -0.555. The minimum Gasteiger partial charge on any atom is -0.475 e. The highest BCUT2D eigenvalue weighted by Gasteiger charge is 2.38. The Kier molecular flexibility index (Phi) is 4.65. The quantitative estimate of drug-likeness (QED) is 0.747. The van der Waals surface area contributed by atoms with Crippen LogP contribution in [-0.4, -0.2) is 33.7 Å². The number of hydrogen-bond acceptors (Lipinski definition) is 4. The van der Waals surface area contributed by atoms with Crippen LogP contribution < -0.4 is 4.74 Å². The van der Waals surface area contributed by atoms with E-state index in [4.69, 9.17) is 9.47 Å². The van der Waals surface area contributed by atoms with Crippen molar-refractivity contribution in [3.8, 4) is 17.0 Å². The van der Waals surface area contributed by atoms with Gasteiger partial charge in [-0.1, -0.05) is 30.3 Å². The average Bonchev–Trinajstić information content (AvgIpc) is 2.70. The molecule has 5 nitrogen and oxygen atoms in total. The van der Waals surface area contributed by atoms with Gasteiger partial charge in [-0.3, -0.25) is 4.90 Å². The Morgan fingerprint density at radius 3 is 2.54 bits per heavy atom. The molecule has 0 saturated heterocycles. The summed E-state index contributed by atoms with van der Waals surface area (Å²) in [6.45, 7) is 10.3. The SMILES string of the molecule is CC(C)(C)OC(=O)N1Cc2c(-c3ccccc3)ccnc2OCC1(C)C. The van der Waals surface area contributed by atoms with Gasteiger partial charge in [0.05, 0.1) is 12.1 Å². The molecule has 5 heteroatoms. The lowest BCUT2D eigenvalue weighted by Gasteiger charge is -2.37. The Labute approximate surface area is 155 Å². The molecule has 0 bridgehead atoms. The molecular formula is C21H26N2O3. The number of carbonyl (C=O) groups excluding carboxylic acids is 1. The van der Waals surface area contributed by atoms with Crippen LogP contribution in [0.3, 0.4) is 0 Å². The van der Waals surface area contributed by atoms with Crippen molar-refractivity contribution in [2.45, 2.75) is 52.3 Å². The number of rotatable bonds is 1. The van der Waals surface area contributed by atoms with E-state index in [0.717, 1.165) is 16.7 Å². The molecule has 0 aliphatic carbocycles. The summed E-state index contributed by atoms with van der Waals surface area (Å²) in [5, 5.41) is 0. The zero-order valence-electron chi connectivity index (χ0n) is 16.1. The Balaban J connectivity index is 2.03. The van der Waals surface area contributed by atoms with Crippen molar-refractivity contribution in [1.82, 2.24) is 9.88 Å². The largest absolute Gasteiger partial charge is 0.475 e. The monoisotopic (exact) mass is 354 g/mol. The summed E-state index contributed by atoms with van der Waals surface area (Å²) in [6, 6.07) is 12.0. The fraction of sp³-hybridized carbons (Fsp3) is 0.429. The highest BCUT2D eigenvalue weighted by Crippen LogP contribution is 2.35. The first-order chi connectivity index (χ1) is 12.2. The van der Waals surface area contributed by atoms with E-state index in [1.807, 2.05) is 71.0 Å². The minimum absolute atomic E-state index is 0.346. The van der Waals surface area contributed by atoms with E-state index in [2.05, 4.69) is 4.98 Å². The summed E-state index contributed by atoms with van der Waals surface area (Å²) in [7, 11) is 0. The van der Waals surface area contributed by atoms with Gasteiger partial charge in [-0.05, 0) is 51.8 Å². The molecule has 26 heavy (non-hydrogen) atoms. The van der Waals surface area contributed by atoms with Gasteiger partial charge in [-0.25, -0.2) is 9.78 Å². The van der Waals surface area contributed by atoms with Crippen LogP contribution in [0.2, 0.25) is 0 Å². The van der Waals surface area contributed by atoms with E-state index in [1.54, 1.807) is 11.1 Å². The van der Waals surface area contributed by atoms with Crippen LogP contribution in [0.25, 0.3) is 11.1 Å². The molecule has 0 saturated carbocycles. The van der Waals surface area contributed by atoms with E-state index < -0.39 is 11.1 Å². The molecule has 1 aromatic heterocycles. The lowest BCUT2D eigenvalue weighted by molar-refractivity contribution is -0.00532. The fourth-order valence-electron chi connectivity index (χ4n) is 2.96. The fourth-order valence-corrected chi connectivity index (χ4v) is 2.96. The second-order valence-electron chi connectivity index (χ2n) is 8.18. The lowest BCUT2D eigenvalue weighted by Crippen LogP contribution is -2.51. The lowest BCUT2D eigenvalue weighted by atomic mass is 9.99. The molecule has 0 unspecified atom stereocenters. The molecule has 0 radical (unpaired) electrons. The van der Waals surface area contributed by atoms with Crippen LogP contribution in [0.4, 0.5) is 4.79 Å². The van der Waals surface area contributed by atoms with Crippen molar-refractivity contribution in [1.29, 1.82) is 0 Å². The summed E-state index contributed by atoms with van der Waals surface area (Å²) in [5.41, 5.74) is 1.91. The average molecular weight is 354 g/mol. The number of nitrogens with zero attached hydrogens (tertiary/aromatic N) is 2. The summed E-state index contributed by atoms with van der Waals surface area (Å²) >= 11 is 0. The number of amides is 1. The highest BCUT2D eigenvalue weighted by molar-refractivity contribution is 5.73. The van der Waals surface area contributed by atoms with Gasteiger partial charge in [0.25, 0.3) is 0 Å². The maximum atomic E-state index is 12.9. The molecule has 3 rings (SSSR count). The number of benzene rings is 1. The summed E-state index contributed by atoms with van der Waals surface area (Å²) < 4.78 is 11.6.